The van der Waals surface area contributed by atoms with Crippen LogP contribution in [-0.2, 0) is 16.6 Å². The van der Waals surface area contributed by atoms with Gasteiger partial charge in [0.15, 0.2) is 0 Å². The first-order valence-corrected chi connectivity index (χ1v) is 8.25. The van der Waals surface area contributed by atoms with Gasteiger partial charge in [0.25, 0.3) is 10.0 Å². The molecule has 0 saturated heterocycles. The second-order valence-corrected chi connectivity index (χ2v) is 8.04. The molecule has 0 aliphatic carbocycles. The summed E-state index contributed by atoms with van der Waals surface area (Å²) in [5, 5.41) is 9.12. The van der Waals surface area contributed by atoms with Gasteiger partial charge in [-0.25, -0.2) is 8.42 Å². The molecule has 0 bridgehead atoms. The molecule has 1 unspecified atom stereocenters. The van der Waals surface area contributed by atoms with Crippen molar-refractivity contribution >= 4 is 21.4 Å². The van der Waals surface area contributed by atoms with Gasteiger partial charge in [0.2, 0.25) is 0 Å². The summed E-state index contributed by atoms with van der Waals surface area (Å²) in [4.78, 5) is 0.713. The molecule has 6 heteroatoms. The van der Waals surface area contributed by atoms with Gasteiger partial charge < -0.3 is 5.11 Å². The van der Waals surface area contributed by atoms with Crippen molar-refractivity contribution in [3.05, 3.63) is 16.5 Å². The molecule has 0 aromatic carbocycles. The summed E-state index contributed by atoms with van der Waals surface area (Å²) in [6, 6.07) is 1.64. The maximum Gasteiger partial charge on any atom is 0.252 e. The zero-order valence-corrected chi connectivity index (χ0v) is 12.9. The molecular formula is C12H21NO3S2. The van der Waals surface area contributed by atoms with Crippen LogP contribution in [0.1, 0.15) is 30.7 Å². The Bertz CT molecular complexity index is 493. The number of aliphatic hydroxyl groups is 1. The highest BCUT2D eigenvalue weighted by molar-refractivity contribution is 7.91. The lowest BCUT2D eigenvalue weighted by atomic mass is 10.1. The SMILES string of the molecule is CCC(C)CN(C)S(=O)(=O)c1cc(C)c(CO)s1. The monoisotopic (exact) mass is 291 g/mol. The molecule has 104 valence electrons. The summed E-state index contributed by atoms with van der Waals surface area (Å²) in [5.74, 6) is 0.336. The van der Waals surface area contributed by atoms with Crippen molar-refractivity contribution in [1.29, 1.82) is 0 Å². The maximum atomic E-state index is 12.3. The first-order chi connectivity index (χ1) is 8.32. The van der Waals surface area contributed by atoms with E-state index in [2.05, 4.69) is 0 Å². The topological polar surface area (TPSA) is 57.6 Å². The third kappa shape index (κ3) is 3.32. The summed E-state index contributed by atoms with van der Waals surface area (Å²) in [5.41, 5.74) is 0.831. The van der Waals surface area contributed by atoms with Crippen LogP contribution in [0.3, 0.4) is 0 Å². The first-order valence-electron chi connectivity index (χ1n) is 5.99. The summed E-state index contributed by atoms with van der Waals surface area (Å²) >= 11 is 1.15. The summed E-state index contributed by atoms with van der Waals surface area (Å²) in [7, 11) is -1.81. The minimum absolute atomic E-state index is 0.110. The van der Waals surface area contributed by atoms with E-state index in [4.69, 9.17) is 5.11 Å². The summed E-state index contributed by atoms with van der Waals surface area (Å²) < 4.78 is 26.4. The molecule has 1 aromatic rings. The zero-order chi connectivity index (χ0) is 13.9. The largest absolute Gasteiger partial charge is 0.391 e. The van der Waals surface area contributed by atoms with Crippen molar-refractivity contribution in [1.82, 2.24) is 4.31 Å². The van der Waals surface area contributed by atoms with Gasteiger partial charge in [-0.05, 0) is 24.5 Å². The van der Waals surface area contributed by atoms with Gasteiger partial charge in [0.1, 0.15) is 4.21 Å². The van der Waals surface area contributed by atoms with E-state index in [0.717, 1.165) is 23.3 Å². The number of nitrogens with zero attached hydrogens (tertiary/aromatic N) is 1. The van der Waals surface area contributed by atoms with Crippen LogP contribution in [-0.4, -0.2) is 31.4 Å². The quantitative estimate of drug-likeness (QED) is 0.874. The average Bonchev–Trinajstić information content (AvgIpc) is 2.70. The second-order valence-electron chi connectivity index (χ2n) is 4.63. The van der Waals surface area contributed by atoms with E-state index in [0.29, 0.717) is 21.5 Å². The zero-order valence-electron chi connectivity index (χ0n) is 11.3. The Morgan fingerprint density at radius 2 is 2.11 bits per heavy atom. The smallest absolute Gasteiger partial charge is 0.252 e. The third-order valence-corrected chi connectivity index (χ3v) is 6.57. The van der Waals surface area contributed by atoms with Crippen LogP contribution in [0.4, 0.5) is 0 Å². The van der Waals surface area contributed by atoms with E-state index in [1.54, 1.807) is 13.1 Å². The average molecular weight is 291 g/mol. The van der Waals surface area contributed by atoms with E-state index in [1.165, 1.54) is 4.31 Å². The van der Waals surface area contributed by atoms with Crippen LogP contribution >= 0.6 is 11.3 Å². The molecule has 0 aliphatic heterocycles. The Hall–Kier alpha value is -0.430. The number of hydrogen-bond acceptors (Lipinski definition) is 4. The van der Waals surface area contributed by atoms with Crippen molar-refractivity contribution in [2.75, 3.05) is 13.6 Å². The van der Waals surface area contributed by atoms with Gasteiger partial charge in [-0.3, -0.25) is 0 Å². The van der Waals surface area contributed by atoms with Crippen LogP contribution < -0.4 is 0 Å². The molecule has 0 amide bonds. The maximum absolute atomic E-state index is 12.3. The lowest BCUT2D eigenvalue weighted by Gasteiger charge is -2.19. The standard InChI is InChI=1S/C12H21NO3S2/c1-5-9(2)7-13(4)18(15,16)12-6-10(3)11(8-14)17-12/h6,9,14H,5,7-8H2,1-4H3. The molecule has 1 atom stereocenters. The highest BCUT2D eigenvalue weighted by atomic mass is 32.2. The molecule has 18 heavy (non-hydrogen) atoms. The minimum atomic E-state index is -3.42. The van der Waals surface area contributed by atoms with Gasteiger partial charge in [0, 0.05) is 18.5 Å². The molecular weight excluding hydrogens is 270 g/mol. The number of thiophene rings is 1. The lowest BCUT2D eigenvalue weighted by Crippen LogP contribution is -2.30. The molecule has 0 spiro atoms. The van der Waals surface area contributed by atoms with E-state index in [-0.39, 0.29) is 6.61 Å². The third-order valence-electron chi connectivity index (χ3n) is 3.07. The fraction of sp³-hybridized carbons (Fsp3) is 0.667. The predicted molar refractivity (Wildman–Crippen MR) is 74.2 cm³/mol. The van der Waals surface area contributed by atoms with Gasteiger partial charge in [-0.2, -0.15) is 4.31 Å². The van der Waals surface area contributed by atoms with Crippen molar-refractivity contribution in [2.45, 2.75) is 38.0 Å². The van der Waals surface area contributed by atoms with E-state index < -0.39 is 10.0 Å². The second kappa shape index (κ2) is 6.14. The molecule has 0 saturated carbocycles. The lowest BCUT2D eigenvalue weighted by molar-refractivity contribution is 0.285. The van der Waals surface area contributed by atoms with Gasteiger partial charge >= 0.3 is 0 Å². The Morgan fingerprint density at radius 3 is 2.56 bits per heavy atom. The number of sulfonamides is 1. The van der Waals surface area contributed by atoms with E-state index in [9.17, 15) is 8.42 Å². The molecule has 0 aliphatic rings. The Balaban J connectivity index is 2.98. The van der Waals surface area contributed by atoms with Crippen LogP contribution in [0, 0.1) is 12.8 Å². The molecule has 0 fully saturated rings. The molecule has 4 nitrogen and oxygen atoms in total. The molecule has 1 rings (SSSR count). The summed E-state index contributed by atoms with van der Waals surface area (Å²) in [6.45, 7) is 6.30. The number of aryl methyl sites for hydroxylation is 1. The predicted octanol–water partition coefficient (Wildman–Crippen LogP) is 2.22. The number of hydrogen-bond donors (Lipinski definition) is 1. The van der Waals surface area contributed by atoms with Crippen LogP contribution in [0.5, 0.6) is 0 Å². The van der Waals surface area contributed by atoms with Crippen molar-refractivity contribution in [2.24, 2.45) is 5.92 Å². The van der Waals surface area contributed by atoms with Gasteiger partial charge in [-0.1, -0.05) is 20.3 Å². The molecule has 1 N–H and O–H groups in total. The van der Waals surface area contributed by atoms with Crippen molar-refractivity contribution < 1.29 is 13.5 Å². The van der Waals surface area contributed by atoms with Crippen molar-refractivity contribution in [3.63, 3.8) is 0 Å². The van der Waals surface area contributed by atoms with Crippen LogP contribution in [0.2, 0.25) is 0 Å². The number of aliphatic hydroxyl groups excluding tert-OH is 1. The van der Waals surface area contributed by atoms with Gasteiger partial charge in [-0.15, -0.1) is 11.3 Å². The van der Waals surface area contributed by atoms with E-state index in [1.807, 2.05) is 20.8 Å². The highest BCUT2D eigenvalue weighted by Crippen LogP contribution is 2.28. The highest BCUT2D eigenvalue weighted by Gasteiger charge is 2.24. The van der Waals surface area contributed by atoms with Crippen LogP contribution in [0.25, 0.3) is 0 Å². The molecule has 0 radical (unpaired) electrons. The first kappa shape index (κ1) is 15.6. The fourth-order valence-electron chi connectivity index (χ4n) is 1.59. The summed E-state index contributed by atoms with van der Waals surface area (Å²) in [6.07, 6.45) is 0.950. The Labute approximate surface area is 113 Å². The normalized spacial score (nSPS) is 14.1. The molecule has 1 heterocycles. The van der Waals surface area contributed by atoms with E-state index >= 15 is 0 Å². The Kier molecular flexibility index (Phi) is 5.33. The van der Waals surface area contributed by atoms with Gasteiger partial charge in [0.05, 0.1) is 6.61 Å². The number of rotatable bonds is 6. The fourth-order valence-corrected chi connectivity index (χ4v) is 4.54. The minimum Gasteiger partial charge on any atom is -0.391 e. The molecule has 1 aromatic heterocycles. The van der Waals surface area contributed by atoms with Crippen molar-refractivity contribution in [3.8, 4) is 0 Å². The van der Waals surface area contributed by atoms with Crippen LogP contribution in [0.15, 0.2) is 10.3 Å². The Morgan fingerprint density at radius 1 is 1.50 bits per heavy atom.